The molecule has 1 N–H and O–H groups in total. The van der Waals surface area contributed by atoms with Crippen molar-refractivity contribution in [2.24, 2.45) is 0 Å². The van der Waals surface area contributed by atoms with Crippen LogP contribution in [-0.4, -0.2) is 15.9 Å². The van der Waals surface area contributed by atoms with Gasteiger partial charge in [-0.25, -0.2) is 4.98 Å². The van der Waals surface area contributed by atoms with E-state index in [-0.39, 0.29) is 11.3 Å². The summed E-state index contributed by atoms with van der Waals surface area (Å²) in [5.41, 5.74) is 4.10. The number of nitrogens with zero attached hydrogens (tertiary/aromatic N) is 2. The highest BCUT2D eigenvalue weighted by Gasteiger charge is 2.15. The van der Waals surface area contributed by atoms with Crippen molar-refractivity contribution in [2.75, 3.05) is 5.32 Å². The smallest absolute Gasteiger partial charge is 0.229 e. The Hall–Kier alpha value is -2.53. The summed E-state index contributed by atoms with van der Waals surface area (Å²) in [5, 5.41) is 3.89. The molecule has 2 aromatic heterocycles. The highest BCUT2D eigenvalue weighted by atomic mass is 32.1. The van der Waals surface area contributed by atoms with Crippen molar-refractivity contribution >= 4 is 22.9 Å². The first kappa shape index (κ1) is 18.3. The molecule has 3 rings (SSSR count). The molecule has 1 aromatic carbocycles. The van der Waals surface area contributed by atoms with E-state index in [1.165, 1.54) is 5.56 Å². The van der Waals surface area contributed by atoms with Crippen molar-refractivity contribution in [3.8, 4) is 10.6 Å². The fourth-order valence-corrected chi connectivity index (χ4v) is 3.68. The predicted octanol–water partition coefficient (Wildman–Crippen LogP) is 4.99. The lowest BCUT2D eigenvalue weighted by atomic mass is 9.87. The lowest BCUT2D eigenvalue weighted by Gasteiger charge is -2.19. The Morgan fingerprint density at radius 3 is 2.35 bits per heavy atom. The molecule has 5 heteroatoms. The summed E-state index contributed by atoms with van der Waals surface area (Å²) in [7, 11) is 0. The Morgan fingerprint density at radius 1 is 1.08 bits per heavy atom. The largest absolute Gasteiger partial charge is 0.326 e. The van der Waals surface area contributed by atoms with Crippen molar-refractivity contribution in [2.45, 2.75) is 39.5 Å². The van der Waals surface area contributed by atoms with Gasteiger partial charge in [-0.15, -0.1) is 11.3 Å². The van der Waals surface area contributed by atoms with Gasteiger partial charge < -0.3 is 5.32 Å². The van der Waals surface area contributed by atoms with E-state index < -0.39 is 0 Å². The van der Waals surface area contributed by atoms with Crippen LogP contribution in [0.1, 0.15) is 36.9 Å². The molecular formula is C21H23N3OS. The second-order valence-electron chi connectivity index (χ2n) is 7.32. The molecule has 0 aliphatic rings. The number of thiazole rings is 1. The second-order valence-corrected chi connectivity index (χ2v) is 8.40. The predicted molar refractivity (Wildman–Crippen MR) is 108 cm³/mol. The van der Waals surface area contributed by atoms with Crippen LogP contribution in [0, 0.1) is 6.92 Å². The molecule has 134 valence electrons. The number of carbonyl (C=O) groups excluding carboxylic acids is 1. The topological polar surface area (TPSA) is 54.9 Å². The molecular weight excluding hydrogens is 342 g/mol. The first-order valence-corrected chi connectivity index (χ1v) is 9.41. The van der Waals surface area contributed by atoms with Gasteiger partial charge in [0.1, 0.15) is 5.01 Å². The van der Waals surface area contributed by atoms with Crippen molar-refractivity contribution in [1.82, 2.24) is 9.97 Å². The second kappa shape index (κ2) is 7.38. The quantitative estimate of drug-likeness (QED) is 0.708. The van der Waals surface area contributed by atoms with E-state index in [0.29, 0.717) is 6.42 Å². The third-order valence-corrected chi connectivity index (χ3v) is 5.38. The summed E-state index contributed by atoms with van der Waals surface area (Å²) in [5.74, 6) is -0.0264. The molecule has 0 aliphatic heterocycles. The number of anilines is 1. The van der Waals surface area contributed by atoms with Crippen LogP contribution in [0.3, 0.4) is 0 Å². The minimum absolute atomic E-state index is 0.0264. The van der Waals surface area contributed by atoms with E-state index in [1.807, 2.05) is 31.2 Å². The van der Waals surface area contributed by atoms with E-state index in [2.05, 4.69) is 48.2 Å². The maximum absolute atomic E-state index is 12.4. The van der Waals surface area contributed by atoms with Crippen LogP contribution in [0.15, 0.2) is 48.8 Å². The number of benzene rings is 1. The molecule has 0 atom stereocenters. The van der Waals surface area contributed by atoms with E-state index >= 15 is 0 Å². The van der Waals surface area contributed by atoms with Gasteiger partial charge in [-0.1, -0.05) is 32.9 Å². The molecule has 0 saturated heterocycles. The van der Waals surface area contributed by atoms with Crippen LogP contribution >= 0.6 is 11.3 Å². The van der Waals surface area contributed by atoms with Crippen LogP contribution in [0.25, 0.3) is 10.6 Å². The summed E-state index contributed by atoms with van der Waals surface area (Å²) in [6.07, 6.45) is 3.83. The van der Waals surface area contributed by atoms with Gasteiger partial charge in [-0.3, -0.25) is 9.78 Å². The van der Waals surface area contributed by atoms with Gasteiger partial charge in [-0.2, -0.15) is 0 Å². The molecule has 0 fully saturated rings. The minimum atomic E-state index is -0.0264. The van der Waals surface area contributed by atoms with Crippen molar-refractivity contribution in [3.05, 3.63) is 64.9 Å². The first-order valence-electron chi connectivity index (χ1n) is 8.60. The van der Waals surface area contributed by atoms with Gasteiger partial charge in [0.15, 0.2) is 0 Å². The Morgan fingerprint density at radius 2 is 1.73 bits per heavy atom. The summed E-state index contributed by atoms with van der Waals surface area (Å²) in [6, 6.07) is 11.9. The van der Waals surface area contributed by atoms with E-state index in [4.69, 9.17) is 0 Å². The Labute approximate surface area is 158 Å². The van der Waals surface area contributed by atoms with Crippen LogP contribution in [0.5, 0.6) is 0 Å². The molecule has 0 radical (unpaired) electrons. The fraction of sp³-hybridized carbons (Fsp3) is 0.286. The van der Waals surface area contributed by atoms with Gasteiger partial charge in [-0.05, 0) is 42.2 Å². The molecule has 0 unspecified atom stereocenters. The summed E-state index contributed by atoms with van der Waals surface area (Å²) >= 11 is 1.56. The highest BCUT2D eigenvalue weighted by molar-refractivity contribution is 7.15. The van der Waals surface area contributed by atoms with Gasteiger partial charge in [0.2, 0.25) is 5.91 Å². The monoisotopic (exact) mass is 365 g/mol. The molecule has 0 saturated carbocycles. The molecule has 3 aromatic rings. The van der Waals surface area contributed by atoms with Gasteiger partial charge in [0, 0.05) is 28.5 Å². The summed E-state index contributed by atoms with van der Waals surface area (Å²) < 4.78 is 0. The molecule has 1 amide bonds. The summed E-state index contributed by atoms with van der Waals surface area (Å²) in [4.78, 5) is 22.0. The number of hydrogen-bond acceptors (Lipinski definition) is 4. The fourth-order valence-electron chi connectivity index (χ4n) is 2.61. The molecule has 0 spiro atoms. The zero-order valence-electron chi connectivity index (χ0n) is 15.5. The average molecular weight is 366 g/mol. The van der Waals surface area contributed by atoms with E-state index in [0.717, 1.165) is 26.8 Å². The first-order chi connectivity index (χ1) is 12.3. The third kappa shape index (κ3) is 4.35. The van der Waals surface area contributed by atoms with Gasteiger partial charge in [0.05, 0.1) is 12.1 Å². The van der Waals surface area contributed by atoms with E-state index in [1.54, 1.807) is 23.7 Å². The summed E-state index contributed by atoms with van der Waals surface area (Å²) in [6.45, 7) is 8.47. The number of pyridine rings is 1. The van der Waals surface area contributed by atoms with Crippen LogP contribution in [0.2, 0.25) is 0 Å². The van der Waals surface area contributed by atoms with Gasteiger partial charge >= 0.3 is 0 Å². The van der Waals surface area contributed by atoms with E-state index in [9.17, 15) is 4.79 Å². The Balaban J connectivity index is 1.68. The van der Waals surface area contributed by atoms with Crippen molar-refractivity contribution < 1.29 is 4.79 Å². The lowest BCUT2D eigenvalue weighted by molar-refractivity contribution is -0.115. The molecule has 4 nitrogen and oxygen atoms in total. The Kier molecular flexibility index (Phi) is 5.18. The normalized spacial score (nSPS) is 11.4. The molecule has 26 heavy (non-hydrogen) atoms. The zero-order chi connectivity index (χ0) is 18.7. The highest BCUT2D eigenvalue weighted by Crippen LogP contribution is 2.28. The van der Waals surface area contributed by atoms with Crippen LogP contribution < -0.4 is 5.32 Å². The molecule has 2 heterocycles. The molecule has 0 aliphatic carbocycles. The number of aryl methyl sites for hydroxylation is 1. The van der Waals surface area contributed by atoms with Crippen LogP contribution in [-0.2, 0) is 16.6 Å². The zero-order valence-corrected chi connectivity index (χ0v) is 16.4. The number of hydrogen-bond donors (Lipinski definition) is 1. The number of rotatable bonds is 4. The van der Waals surface area contributed by atoms with Crippen molar-refractivity contribution in [3.63, 3.8) is 0 Å². The number of carbonyl (C=O) groups is 1. The number of amides is 1. The number of aromatic nitrogens is 2. The molecule has 0 bridgehead atoms. The third-order valence-electron chi connectivity index (χ3n) is 4.18. The lowest BCUT2D eigenvalue weighted by Crippen LogP contribution is -2.15. The Bertz CT molecular complexity index is 893. The SMILES string of the molecule is Cc1nc(-c2ccncc2)sc1CC(=O)Nc1ccc(C(C)(C)C)cc1. The maximum atomic E-state index is 12.4. The van der Waals surface area contributed by atoms with Crippen molar-refractivity contribution in [1.29, 1.82) is 0 Å². The average Bonchev–Trinajstić information content (AvgIpc) is 2.96. The van der Waals surface area contributed by atoms with Gasteiger partial charge in [0.25, 0.3) is 0 Å². The number of nitrogens with one attached hydrogen (secondary N) is 1. The standard InChI is InChI=1S/C21H23N3OS/c1-14-18(26-20(23-14)15-9-11-22-12-10-15)13-19(25)24-17-7-5-16(6-8-17)21(2,3)4/h5-12H,13H2,1-4H3,(H,24,25). The maximum Gasteiger partial charge on any atom is 0.229 e. The van der Waals surface area contributed by atoms with Crippen LogP contribution in [0.4, 0.5) is 5.69 Å². The minimum Gasteiger partial charge on any atom is -0.326 e.